The van der Waals surface area contributed by atoms with E-state index in [2.05, 4.69) is 6.92 Å². The lowest BCUT2D eigenvalue weighted by Gasteiger charge is -2.17. The van der Waals surface area contributed by atoms with E-state index in [4.69, 9.17) is 15.2 Å². The van der Waals surface area contributed by atoms with Crippen molar-refractivity contribution in [1.29, 1.82) is 0 Å². The predicted octanol–water partition coefficient (Wildman–Crippen LogP) is 2.16. The highest BCUT2D eigenvalue weighted by atomic mass is 16.7. The molecule has 1 unspecified atom stereocenters. The van der Waals surface area contributed by atoms with Crippen molar-refractivity contribution in [3.05, 3.63) is 24.3 Å². The Morgan fingerprint density at radius 1 is 1.27 bits per heavy atom. The van der Waals surface area contributed by atoms with Crippen LogP contribution in [0.5, 0.6) is 11.5 Å². The zero-order valence-electron chi connectivity index (χ0n) is 8.98. The van der Waals surface area contributed by atoms with Crippen molar-refractivity contribution in [2.24, 2.45) is 11.7 Å². The summed E-state index contributed by atoms with van der Waals surface area (Å²) < 4.78 is 11.4. The average molecular weight is 207 g/mol. The maximum Gasteiger partial charge on any atom is 0.244 e. The Morgan fingerprint density at radius 3 is 2.40 bits per heavy atom. The van der Waals surface area contributed by atoms with Crippen LogP contribution in [-0.2, 0) is 0 Å². The van der Waals surface area contributed by atoms with Crippen molar-refractivity contribution in [2.75, 3.05) is 6.54 Å². The third kappa shape index (κ3) is 2.23. The van der Waals surface area contributed by atoms with Gasteiger partial charge in [0.15, 0.2) is 11.5 Å². The molecule has 1 atom stereocenters. The molecule has 1 aromatic rings. The Hall–Kier alpha value is -1.22. The van der Waals surface area contributed by atoms with E-state index in [1.165, 1.54) is 0 Å². The van der Waals surface area contributed by atoms with Crippen LogP contribution in [0, 0.1) is 5.92 Å². The van der Waals surface area contributed by atoms with E-state index in [1.54, 1.807) is 0 Å². The summed E-state index contributed by atoms with van der Waals surface area (Å²) in [6.07, 6.45) is 1.91. The summed E-state index contributed by atoms with van der Waals surface area (Å²) >= 11 is 0. The molecule has 2 N–H and O–H groups in total. The number of nitrogens with two attached hydrogens (primary N) is 1. The van der Waals surface area contributed by atoms with E-state index < -0.39 is 0 Å². The van der Waals surface area contributed by atoms with Crippen LogP contribution in [0.1, 0.15) is 19.8 Å². The molecule has 1 heterocycles. The van der Waals surface area contributed by atoms with Crippen LogP contribution in [0.2, 0.25) is 0 Å². The molecule has 82 valence electrons. The van der Waals surface area contributed by atoms with Crippen molar-refractivity contribution < 1.29 is 9.47 Å². The van der Waals surface area contributed by atoms with Crippen LogP contribution in [0.3, 0.4) is 0 Å². The molecule has 0 bridgehead atoms. The third-order valence-electron chi connectivity index (χ3n) is 2.66. The lowest BCUT2D eigenvalue weighted by atomic mass is 10.1. The number of hydrogen-bond donors (Lipinski definition) is 1. The largest absolute Gasteiger partial charge is 0.451 e. The van der Waals surface area contributed by atoms with E-state index >= 15 is 0 Å². The second kappa shape index (κ2) is 4.53. The quantitative estimate of drug-likeness (QED) is 0.822. The molecule has 2 rings (SSSR count). The first-order valence-electron chi connectivity index (χ1n) is 5.43. The molecule has 0 radical (unpaired) electrons. The molecular weight excluding hydrogens is 190 g/mol. The maximum absolute atomic E-state index is 5.70. The standard InChI is InChI=1S/C12H17NO2/c1-9(5-4-8-13)12-14-10-6-2-3-7-11(10)15-12/h2-3,6-7,9,12H,4-5,8,13H2,1H3. The molecular formula is C12H17NO2. The van der Waals surface area contributed by atoms with Gasteiger partial charge in [0.25, 0.3) is 0 Å². The van der Waals surface area contributed by atoms with Crippen LogP contribution in [0.25, 0.3) is 0 Å². The monoisotopic (exact) mass is 207 g/mol. The van der Waals surface area contributed by atoms with Gasteiger partial charge in [-0.05, 0) is 31.5 Å². The molecule has 0 fully saturated rings. The fourth-order valence-electron chi connectivity index (χ4n) is 1.73. The Kier molecular flexibility index (Phi) is 3.11. The van der Waals surface area contributed by atoms with E-state index in [9.17, 15) is 0 Å². The summed E-state index contributed by atoms with van der Waals surface area (Å²) in [4.78, 5) is 0. The smallest absolute Gasteiger partial charge is 0.244 e. The molecule has 0 spiro atoms. The van der Waals surface area contributed by atoms with Crippen molar-refractivity contribution in [2.45, 2.75) is 26.1 Å². The van der Waals surface area contributed by atoms with E-state index in [0.717, 1.165) is 30.9 Å². The highest BCUT2D eigenvalue weighted by Gasteiger charge is 2.28. The number of hydrogen-bond acceptors (Lipinski definition) is 3. The molecule has 0 aliphatic carbocycles. The normalized spacial score (nSPS) is 16.7. The summed E-state index contributed by atoms with van der Waals surface area (Å²) in [7, 11) is 0. The molecule has 0 saturated heterocycles. The molecule has 0 amide bonds. The van der Waals surface area contributed by atoms with Crippen LogP contribution in [0.4, 0.5) is 0 Å². The molecule has 3 heteroatoms. The lowest BCUT2D eigenvalue weighted by molar-refractivity contribution is -0.000752. The zero-order chi connectivity index (χ0) is 10.7. The van der Waals surface area contributed by atoms with Gasteiger partial charge in [-0.15, -0.1) is 0 Å². The predicted molar refractivity (Wildman–Crippen MR) is 58.9 cm³/mol. The van der Waals surface area contributed by atoms with Crippen LogP contribution in [0.15, 0.2) is 24.3 Å². The van der Waals surface area contributed by atoms with Gasteiger partial charge in [0.2, 0.25) is 6.29 Å². The van der Waals surface area contributed by atoms with E-state index in [1.807, 2.05) is 24.3 Å². The average Bonchev–Trinajstić information content (AvgIpc) is 2.69. The minimum atomic E-state index is -0.144. The fraction of sp³-hybridized carbons (Fsp3) is 0.500. The molecule has 1 aliphatic rings. The van der Waals surface area contributed by atoms with Gasteiger partial charge in [-0.1, -0.05) is 19.1 Å². The number of fused-ring (bicyclic) bond motifs is 1. The first-order chi connectivity index (χ1) is 7.31. The van der Waals surface area contributed by atoms with Crippen molar-refractivity contribution in [3.63, 3.8) is 0 Å². The Bertz CT molecular complexity index is 302. The van der Waals surface area contributed by atoms with Crippen molar-refractivity contribution in [3.8, 4) is 11.5 Å². The SMILES string of the molecule is CC(CCCN)C1Oc2ccccc2O1. The molecule has 1 aliphatic heterocycles. The van der Waals surface area contributed by atoms with E-state index in [0.29, 0.717) is 5.92 Å². The first-order valence-corrected chi connectivity index (χ1v) is 5.43. The second-order valence-electron chi connectivity index (χ2n) is 3.96. The Morgan fingerprint density at radius 2 is 1.87 bits per heavy atom. The van der Waals surface area contributed by atoms with Crippen molar-refractivity contribution in [1.82, 2.24) is 0 Å². The Labute approximate surface area is 90.2 Å². The minimum absolute atomic E-state index is 0.144. The summed E-state index contributed by atoms with van der Waals surface area (Å²) in [5, 5.41) is 0. The van der Waals surface area contributed by atoms with Gasteiger partial charge in [0, 0.05) is 5.92 Å². The minimum Gasteiger partial charge on any atom is -0.451 e. The molecule has 15 heavy (non-hydrogen) atoms. The number of ether oxygens (including phenoxy) is 2. The van der Waals surface area contributed by atoms with E-state index in [-0.39, 0.29) is 6.29 Å². The maximum atomic E-state index is 5.70. The van der Waals surface area contributed by atoms with Gasteiger partial charge < -0.3 is 15.2 Å². The van der Waals surface area contributed by atoms with Crippen LogP contribution >= 0.6 is 0 Å². The Balaban J connectivity index is 1.94. The van der Waals surface area contributed by atoms with Gasteiger partial charge in [-0.25, -0.2) is 0 Å². The van der Waals surface area contributed by atoms with Gasteiger partial charge >= 0.3 is 0 Å². The highest BCUT2D eigenvalue weighted by Crippen LogP contribution is 2.36. The van der Waals surface area contributed by atoms with Crippen LogP contribution < -0.4 is 15.2 Å². The summed E-state index contributed by atoms with van der Waals surface area (Å²) in [6, 6.07) is 7.78. The summed E-state index contributed by atoms with van der Waals surface area (Å²) in [6.45, 7) is 2.86. The first kappa shape index (κ1) is 10.3. The number of rotatable bonds is 4. The zero-order valence-corrected chi connectivity index (χ0v) is 8.98. The van der Waals surface area contributed by atoms with Gasteiger partial charge in [0.05, 0.1) is 0 Å². The topological polar surface area (TPSA) is 44.5 Å². The third-order valence-corrected chi connectivity index (χ3v) is 2.66. The number of benzene rings is 1. The highest BCUT2D eigenvalue weighted by molar-refractivity contribution is 5.41. The molecule has 1 aromatic carbocycles. The molecule has 0 aromatic heterocycles. The summed E-state index contributed by atoms with van der Waals surface area (Å²) in [5.41, 5.74) is 5.48. The van der Waals surface area contributed by atoms with Gasteiger partial charge in [-0.3, -0.25) is 0 Å². The second-order valence-corrected chi connectivity index (χ2v) is 3.96. The fourth-order valence-corrected chi connectivity index (χ4v) is 1.73. The number of para-hydroxylation sites is 2. The van der Waals surface area contributed by atoms with Crippen molar-refractivity contribution >= 4 is 0 Å². The van der Waals surface area contributed by atoms with Gasteiger partial charge in [0.1, 0.15) is 0 Å². The lowest BCUT2D eigenvalue weighted by Crippen LogP contribution is -2.27. The van der Waals surface area contributed by atoms with Gasteiger partial charge in [-0.2, -0.15) is 0 Å². The molecule has 0 saturated carbocycles. The molecule has 3 nitrogen and oxygen atoms in total. The summed E-state index contributed by atoms with van der Waals surface area (Å²) in [5.74, 6) is 2.07. The van der Waals surface area contributed by atoms with Crippen LogP contribution in [-0.4, -0.2) is 12.8 Å².